The molecular formula is C49H33N3. The van der Waals surface area contributed by atoms with Crippen molar-refractivity contribution in [3.8, 4) is 45.0 Å². The average molecular weight is 664 g/mol. The lowest BCUT2D eigenvalue weighted by Crippen LogP contribution is -1.97. The van der Waals surface area contributed by atoms with Crippen molar-refractivity contribution >= 4 is 54.9 Å². The minimum Gasteiger partial charge on any atom is -0.309 e. The van der Waals surface area contributed by atoms with Gasteiger partial charge in [-0.15, -0.1) is 0 Å². The van der Waals surface area contributed by atoms with Crippen molar-refractivity contribution in [1.29, 1.82) is 5.41 Å². The number of nitrogens with one attached hydrogen (secondary N) is 1. The molecule has 3 heteroatoms. The number of rotatable bonds is 7. The summed E-state index contributed by atoms with van der Waals surface area (Å²) < 4.78 is 0. The SMILES string of the molecule is C=C(/C=C\C=N)c1cccc(-c2cc(-c3ccc(-c4ccc5ccccc5c4)cc3)nc(-c3ccc4c5ccccc5c5ccccc5c4c3)n2)c1. The Morgan fingerprint density at radius 2 is 1.02 bits per heavy atom. The first-order valence-corrected chi connectivity index (χ1v) is 17.4. The molecule has 0 atom stereocenters. The van der Waals surface area contributed by atoms with Gasteiger partial charge in [-0.25, -0.2) is 9.97 Å². The van der Waals surface area contributed by atoms with Crippen LogP contribution in [0, 0.1) is 5.41 Å². The molecule has 0 aliphatic heterocycles. The Bertz CT molecular complexity index is 2850. The van der Waals surface area contributed by atoms with Crippen molar-refractivity contribution in [1.82, 2.24) is 9.97 Å². The van der Waals surface area contributed by atoms with Crippen LogP contribution in [-0.4, -0.2) is 16.2 Å². The van der Waals surface area contributed by atoms with E-state index in [1.54, 1.807) is 6.08 Å². The molecule has 244 valence electrons. The molecule has 1 heterocycles. The number of aromatic nitrogens is 2. The van der Waals surface area contributed by atoms with Gasteiger partial charge in [0.15, 0.2) is 5.82 Å². The van der Waals surface area contributed by atoms with Crippen molar-refractivity contribution in [3.63, 3.8) is 0 Å². The first-order chi connectivity index (χ1) is 25.6. The van der Waals surface area contributed by atoms with E-state index in [4.69, 9.17) is 15.4 Å². The van der Waals surface area contributed by atoms with E-state index in [9.17, 15) is 0 Å². The van der Waals surface area contributed by atoms with Gasteiger partial charge < -0.3 is 5.41 Å². The molecule has 9 rings (SSSR count). The van der Waals surface area contributed by atoms with E-state index in [1.165, 1.54) is 54.9 Å². The van der Waals surface area contributed by atoms with Gasteiger partial charge in [0.2, 0.25) is 0 Å². The minimum absolute atomic E-state index is 0.665. The standard InChI is InChI=1S/C49H33N3/c1-32(10-9-27-50)36-13-8-14-39(28-36)48-31-47(35-22-19-34(20-23-35)38-24-21-33-11-2-3-12-37(33)29-38)51-49(52-48)40-25-26-45-43-17-5-4-15-41(43)42-16-6-7-18-44(42)46(45)30-40/h2-31,50H,1H2/b10-9-,50-27?. The smallest absolute Gasteiger partial charge is 0.160 e. The monoisotopic (exact) mass is 663 g/mol. The Labute approximate surface area is 302 Å². The molecular weight excluding hydrogens is 631 g/mol. The molecule has 0 spiro atoms. The third-order valence-electron chi connectivity index (χ3n) is 9.91. The fraction of sp³-hybridized carbons (Fsp3) is 0. The molecule has 3 nitrogen and oxygen atoms in total. The lowest BCUT2D eigenvalue weighted by molar-refractivity contribution is 1.18. The van der Waals surface area contributed by atoms with Gasteiger partial charge in [0.05, 0.1) is 11.4 Å². The summed E-state index contributed by atoms with van der Waals surface area (Å²) >= 11 is 0. The van der Waals surface area contributed by atoms with Crippen LogP contribution in [-0.2, 0) is 0 Å². The molecule has 0 amide bonds. The van der Waals surface area contributed by atoms with Crippen LogP contribution in [0.1, 0.15) is 5.56 Å². The number of allylic oxidation sites excluding steroid dienone is 3. The highest BCUT2D eigenvalue weighted by atomic mass is 14.9. The van der Waals surface area contributed by atoms with Gasteiger partial charge >= 0.3 is 0 Å². The third kappa shape index (κ3) is 5.65. The van der Waals surface area contributed by atoms with E-state index in [1.807, 2.05) is 18.2 Å². The molecule has 8 aromatic carbocycles. The second-order valence-corrected chi connectivity index (χ2v) is 13.1. The largest absolute Gasteiger partial charge is 0.309 e. The summed E-state index contributed by atoms with van der Waals surface area (Å²) in [5, 5.41) is 17.2. The molecule has 0 aliphatic carbocycles. The second kappa shape index (κ2) is 13.1. The minimum atomic E-state index is 0.665. The maximum absolute atomic E-state index is 7.40. The summed E-state index contributed by atoms with van der Waals surface area (Å²) in [5.74, 6) is 0.665. The molecule has 1 aromatic heterocycles. The van der Waals surface area contributed by atoms with Crippen molar-refractivity contribution in [2.75, 3.05) is 0 Å². The molecule has 9 aromatic rings. The summed E-state index contributed by atoms with van der Waals surface area (Å²) in [5.41, 5.74) is 8.76. The van der Waals surface area contributed by atoms with Crippen LogP contribution in [0.25, 0.3) is 93.7 Å². The Morgan fingerprint density at radius 1 is 0.442 bits per heavy atom. The van der Waals surface area contributed by atoms with E-state index in [0.717, 1.165) is 44.8 Å². The second-order valence-electron chi connectivity index (χ2n) is 13.1. The highest BCUT2D eigenvalue weighted by Crippen LogP contribution is 2.38. The predicted octanol–water partition coefficient (Wildman–Crippen LogP) is 13.0. The average Bonchev–Trinajstić information content (AvgIpc) is 3.22. The molecule has 0 radical (unpaired) electrons. The summed E-state index contributed by atoms with van der Waals surface area (Å²) in [6, 6.07) is 57.9. The van der Waals surface area contributed by atoms with Gasteiger partial charge in [0.1, 0.15) is 0 Å². The van der Waals surface area contributed by atoms with Crippen LogP contribution < -0.4 is 0 Å². The number of hydrogen-bond acceptors (Lipinski definition) is 3. The molecule has 0 saturated carbocycles. The Balaban J connectivity index is 1.20. The number of fused-ring (bicyclic) bond motifs is 7. The van der Waals surface area contributed by atoms with E-state index >= 15 is 0 Å². The molecule has 0 bridgehead atoms. The van der Waals surface area contributed by atoms with Crippen LogP contribution in [0.15, 0.2) is 183 Å². The van der Waals surface area contributed by atoms with Crippen molar-refractivity contribution in [3.05, 3.63) is 188 Å². The van der Waals surface area contributed by atoms with Crippen molar-refractivity contribution in [2.45, 2.75) is 0 Å². The molecule has 0 unspecified atom stereocenters. The van der Waals surface area contributed by atoms with Crippen LogP contribution in [0.4, 0.5) is 0 Å². The quantitative estimate of drug-likeness (QED) is 0.105. The topological polar surface area (TPSA) is 49.6 Å². The van der Waals surface area contributed by atoms with Gasteiger partial charge in [-0.05, 0) is 95.7 Å². The number of nitrogens with zero attached hydrogens (tertiary/aromatic N) is 2. The fourth-order valence-corrected chi connectivity index (χ4v) is 7.26. The van der Waals surface area contributed by atoms with Gasteiger partial charge in [0.25, 0.3) is 0 Å². The maximum Gasteiger partial charge on any atom is 0.160 e. The summed E-state index contributed by atoms with van der Waals surface area (Å²) in [6.07, 6.45) is 4.80. The molecule has 1 N–H and O–H groups in total. The lowest BCUT2D eigenvalue weighted by Gasteiger charge is -2.13. The first kappa shape index (κ1) is 31.0. The van der Waals surface area contributed by atoms with Gasteiger partial charge in [-0.2, -0.15) is 0 Å². The molecule has 0 aliphatic rings. The van der Waals surface area contributed by atoms with Crippen LogP contribution in [0.3, 0.4) is 0 Å². The Hall–Kier alpha value is -6.97. The predicted molar refractivity (Wildman–Crippen MR) is 221 cm³/mol. The zero-order valence-electron chi connectivity index (χ0n) is 28.4. The molecule has 52 heavy (non-hydrogen) atoms. The maximum atomic E-state index is 7.40. The van der Waals surface area contributed by atoms with Crippen LogP contribution >= 0.6 is 0 Å². The van der Waals surface area contributed by atoms with Crippen LogP contribution in [0.2, 0.25) is 0 Å². The highest BCUT2D eigenvalue weighted by Gasteiger charge is 2.15. The van der Waals surface area contributed by atoms with E-state index in [-0.39, 0.29) is 0 Å². The zero-order valence-corrected chi connectivity index (χ0v) is 28.4. The van der Waals surface area contributed by atoms with E-state index < -0.39 is 0 Å². The van der Waals surface area contributed by atoms with Crippen LogP contribution in [0.5, 0.6) is 0 Å². The van der Waals surface area contributed by atoms with Gasteiger partial charge in [0, 0.05) is 22.9 Å². The van der Waals surface area contributed by atoms with E-state index in [0.29, 0.717) is 5.82 Å². The number of hydrogen-bond donors (Lipinski definition) is 1. The molecule has 0 saturated heterocycles. The molecule has 0 fully saturated rings. The summed E-state index contributed by atoms with van der Waals surface area (Å²) in [6.45, 7) is 4.23. The Morgan fingerprint density at radius 3 is 1.73 bits per heavy atom. The normalized spacial score (nSPS) is 11.5. The summed E-state index contributed by atoms with van der Waals surface area (Å²) in [4.78, 5) is 10.4. The van der Waals surface area contributed by atoms with Gasteiger partial charge in [-0.3, -0.25) is 0 Å². The first-order valence-electron chi connectivity index (χ1n) is 17.4. The third-order valence-corrected chi connectivity index (χ3v) is 9.91. The van der Waals surface area contributed by atoms with Crippen molar-refractivity contribution in [2.24, 2.45) is 0 Å². The van der Waals surface area contributed by atoms with E-state index in [2.05, 4.69) is 158 Å². The fourth-order valence-electron chi connectivity index (χ4n) is 7.26. The van der Waals surface area contributed by atoms with Crippen molar-refractivity contribution < 1.29 is 0 Å². The lowest BCUT2D eigenvalue weighted by atomic mass is 9.93. The number of benzene rings is 8. The van der Waals surface area contributed by atoms with Gasteiger partial charge in [-0.1, -0.05) is 152 Å². The summed E-state index contributed by atoms with van der Waals surface area (Å²) in [7, 11) is 0. The Kier molecular flexibility index (Phi) is 7.79. The highest BCUT2D eigenvalue weighted by molar-refractivity contribution is 6.25. The zero-order chi connectivity index (χ0) is 35.0.